The molecule has 4 unspecified atom stereocenters. The highest BCUT2D eigenvalue weighted by atomic mass is 16.6. The molecule has 0 aliphatic heterocycles. The minimum Gasteiger partial charge on any atom is -0.455 e. The highest BCUT2D eigenvalue weighted by molar-refractivity contribution is 5.88. The number of aryl methyl sites for hydroxylation is 4. The predicted molar refractivity (Wildman–Crippen MR) is 226 cm³/mol. The molecule has 0 aliphatic carbocycles. The second kappa shape index (κ2) is 23.3. The molecule has 0 amide bonds. The predicted octanol–water partition coefficient (Wildman–Crippen LogP) is 4.04. The third-order valence-electron chi connectivity index (χ3n) is 9.14. The lowest BCUT2D eigenvalue weighted by Gasteiger charge is -2.34. The van der Waals surface area contributed by atoms with Gasteiger partial charge in [-0.05, 0) is 95.2 Å². The number of aliphatic hydroxyl groups is 4. The molecule has 59 heavy (non-hydrogen) atoms. The molecule has 0 heterocycles. The molecule has 4 atom stereocenters. The van der Waals surface area contributed by atoms with Crippen molar-refractivity contribution in [3.8, 4) is 0 Å². The number of esters is 4. The van der Waals surface area contributed by atoms with E-state index in [1.165, 1.54) is 27.7 Å². The second-order valence-corrected chi connectivity index (χ2v) is 15.1. The third kappa shape index (κ3) is 15.1. The molecule has 4 N–H and O–H groups in total. The Kier molecular flexibility index (Phi) is 19.7. The van der Waals surface area contributed by atoms with Crippen LogP contribution in [0.1, 0.15) is 61.1 Å². The SMILES string of the molecule is C=C(C)C(=O)OC(CO)CN(CC(CO)OC(=O)C(=C)C)c1c(C)cc(Cc2cc(C)c(N(CC(CO)OC(=O)C(=C)C)CC(CO)OC(=O)C(=C)C)c(C)c2)cc1C. The maximum Gasteiger partial charge on any atom is 0.333 e. The Morgan fingerprint density at radius 1 is 0.475 bits per heavy atom. The quantitative estimate of drug-likeness (QED) is 0.0674. The molecule has 0 aliphatic rings. The van der Waals surface area contributed by atoms with Crippen molar-refractivity contribution in [3.63, 3.8) is 0 Å². The number of ether oxygens (including phenoxy) is 4. The molecular weight excluding hydrogens is 760 g/mol. The van der Waals surface area contributed by atoms with Gasteiger partial charge in [-0.2, -0.15) is 0 Å². The minimum absolute atomic E-state index is 0.0150. The normalized spacial score (nSPS) is 12.9. The van der Waals surface area contributed by atoms with Crippen LogP contribution in [0, 0.1) is 27.7 Å². The Bertz CT molecular complexity index is 1630. The second-order valence-electron chi connectivity index (χ2n) is 15.1. The zero-order valence-corrected chi connectivity index (χ0v) is 35.8. The van der Waals surface area contributed by atoms with Crippen molar-refractivity contribution in [3.05, 3.63) is 106 Å². The summed E-state index contributed by atoms with van der Waals surface area (Å²) < 4.78 is 22.0. The fraction of sp³-hybridized carbons (Fsp3) is 0.467. The highest BCUT2D eigenvalue weighted by Gasteiger charge is 2.28. The Labute approximate surface area is 348 Å². The van der Waals surface area contributed by atoms with Gasteiger partial charge >= 0.3 is 23.9 Å². The number of aliphatic hydroxyl groups excluding tert-OH is 4. The van der Waals surface area contributed by atoms with E-state index >= 15 is 0 Å². The van der Waals surface area contributed by atoms with Gasteiger partial charge in [0.15, 0.2) is 0 Å². The zero-order valence-electron chi connectivity index (χ0n) is 35.8. The van der Waals surface area contributed by atoms with E-state index in [-0.39, 0.29) is 48.5 Å². The van der Waals surface area contributed by atoms with Crippen LogP contribution < -0.4 is 9.80 Å². The maximum absolute atomic E-state index is 12.4. The first-order valence-corrected chi connectivity index (χ1v) is 19.2. The average molecular weight is 823 g/mol. The van der Waals surface area contributed by atoms with Gasteiger partial charge in [0.25, 0.3) is 0 Å². The standard InChI is InChI=1S/C45H62N2O12/c1-26(2)42(52)56-36(22-48)18-46(19-37(23-49)57-43(53)27(3)4)40-30(9)13-34(14-31(40)10)17-35-15-32(11)41(33(12)16-35)47(20-38(24-50)58-44(54)28(5)6)21-39(25-51)59-45(55)29(7)8/h13-16,36-39,48-51H,1,3,5,7,17-25H2,2,4,6,8-12H3. The minimum atomic E-state index is -0.963. The van der Waals surface area contributed by atoms with Gasteiger partial charge in [-0.3, -0.25) is 0 Å². The van der Waals surface area contributed by atoms with Gasteiger partial charge in [-0.1, -0.05) is 50.6 Å². The van der Waals surface area contributed by atoms with Crippen LogP contribution in [0.4, 0.5) is 11.4 Å². The van der Waals surface area contributed by atoms with Crippen molar-refractivity contribution >= 4 is 35.3 Å². The lowest BCUT2D eigenvalue weighted by Crippen LogP contribution is -2.44. The monoisotopic (exact) mass is 822 g/mol. The zero-order chi connectivity index (χ0) is 44.7. The maximum atomic E-state index is 12.4. The molecule has 14 nitrogen and oxygen atoms in total. The number of nitrogens with zero attached hydrogens (tertiary/aromatic N) is 2. The van der Waals surface area contributed by atoms with E-state index in [1.54, 1.807) is 0 Å². The fourth-order valence-electron chi connectivity index (χ4n) is 6.56. The first kappa shape index (κ1) is 49.9. The summed E-state index contributed by atoms with van der Waals surface area (Å²) >= 11 is 0. The number of hydrogen-bond donors (Lipinski definition) is 4. The molecule has 14 heteroatoms. The van der Waals surface area contributed by atoms with Crippen molar-refractivity contribution in [1.29, 1.82) is 0 Å². The average Bonchev–Trinajstić information content (AvgIpc) is 3.15. The van der Waals surface area contributed by atoms with Crippen molar-refractivity contribution in [2.45, 2.75) is 86.2 Å². The van der Waals surface area contributed by atoms with E-state index in [1.807, 2.05) is 61.8 Å². The molecule has 0 bridgehead atoms. The smallest absolute Gasteiger partial charge is 0.333 e. The molecule has 2 aromatic rings. The lowest BCUT2D eigenvalue weighted by molar-refractivity contribution is -0.147. The molecule has 2 aromatic carbocycles. The van der Waals surface area contributed by atoms with Crippen LogP contribution in [0.3, 0.4) is 0 Å². The van der Waals surface area contributed by atoms with Gasteiger partial charge in [0.2, 0.25) is 0 Å². The molecule has 324 valence electrons. The summed E-state index contributed by atoms with van der Waals surface area (Å²) in [6, 6.07) is 8.02. The Hall–Kier alpha value is -5.28. The molecule has 0 spiro atoms. The third-order valence-corrected chi connectivity index (χ3v) is 9.14. The number of anilines is 2. The van der Waals surface area contributed by atoms with Crippen molar-refractivity contribution < 1.29 is 58.6 Å². The van der Waals surface area contributed by atoms with Crippen LogP contribution in [0.25, 0.3) is 0 Å². The molecule has 0 saturated heterocycles. The van der Waals surface area contributed by atoms with Gasteiger partial charge in [-0.15, -0.1) is 0 Å². The Morgan fingerprint density at radius 3 is 0.847 bits per heavy atom. The number of carbonyl (C=O) groups is 4. The van der Waals surface area contributed by atoms with Crippen molar-refractivity contribution in [1.82, 2.24) is 0 Å². The Morgan fingerprint density at radius 2 is 0.678 bits per heavy atom. The van der Waals surface area contributed by atoms with Crippen LogP contribution in [-0.4, -0.2) is 121 Å². The molecule has 2 rings (SSSR count). The molecule has 0 radical (unpaired) electrons. The van der Waals surface area contributed by atoms with Crippen LogP contribution in [0.15, 0.2) is 72.9 Å². The van der Waals surface area contributed by atoms with E-state index in [0.29, 0.717) is 6.42 Å². The number of hydrogen-bond acceptors (Lipinski definition) is 14. The van der Waals surface area contributed by atoms with Crippen LogP contribution in [0.5, 0.6) is 0 Å². The van der Waals surface area contributed by atoms with Crippen LogP contribution in [0.2, 0.25) is 0 Å². The summed E-state index contributed by atoms with van der Waals surface area (Å²) in [7, 11) is 0. The molecule has 0 fully saturated rings. The summed E-state index contributed by atoms with van der Waals surface area (Å²) in [5, 5.41) is 40.7. The first-order chi connectivity index (χ1) is 27.6. The number of carbonyl (C=O) groups excluding carboxylic acids is 4. The van der Waals surface area contributed by atoms with E-state index in [0.717, 1.165) is 44.8 Å². The van der Waals surface area contributed by atoms with Crippen molar-refractivity contribution in [2.24, 2.45) is 0 Å². The van der Waals surface area contributed by atoms with Crippen LogP contribution >= 0.6 is 0 Å². The topological polar surface area (TPSA) is 193 Å². The van der Waals surface area contributed by atoms with E-state index in [9.17, 15) is 39.6 Å². The number of benzene rings is 2. The highest BCUT2D eigenvalue weighted by Crippen LogP contribution is 2.32. The summed E-state index contributed by atoms with van der Waals surface area (Å²) in [6.45, 7) is 26.2. The number of rotatable bonds is 24. The Balaban J connectivity index is 2.58. The first-order valence-electron chi connectivity index (χ1n) is 19.2. The van der Waals surface area contributed by atoms with E-state index in [4.69, 9.17) is 18.9 Å². The van der Waals surface area contributed by atoms with Gasteiger partial charge in [0, 0.05) is 33.7 Å². The molecule has 0 aromatic heterocycles. The van der Waals surface area contributed by atoms with Crippen molar-refractivity contribution in [2.75, 3.05) is 62.4 Å². The summed E-state index contributed by atoms with van der Waals surface area (Å²) in [5.74, 6) is -2.67. The van der Waals surface area contributed by atoms with Gasteiger partial charge in [0.05, 0.1) is 52.6 Å². The summed E-state index contributed by atoms with van der Waals surface area (Å²) in [6.07, 6.45) is -3.34. The van der Waals surface area contributed by atoms with Gasteiger partial charge < -0.3 is 49.2 Å². The van der Waals surface area contributed by atoms with E-state index in [2.05, 4.69) is 26.3 Å². The van der Waals surface area contributed by atoms with Gasteiger partial charge in [-0.25, -0.2) is 19.2 Å². The van der Waals surface area contributed by atoms with Crippen LogP contribution in [-0.2, 0) is 44.5 Å². The largest absolute Gasteiger partial charge is 0.455 e. The molecular formula is C45H62N2O12. The van der Waals surface area contributed by atoms with Gasteiger partial charge in [0.1, 0.15) is 24.4 Å². The summed E-state index contributed by atoms with van der Waals surface area (Å²) in [5.41, 5.74) is 7.39. The molecule has 0 saturated carbocycles. The lowest BCUT2D eigenvalue weighted by atomic mass is 9.95. The fourth-order valence-corrected chi connectivity index (χ4v) is 6.56. The van der Waals surface area contributed by atoms with E-state index < -0.39 is 74.7 Å². The summed E-state index contributed by atoms with van der Waals surface area (Å²) in [4.78, 5) is 53.2.